The Morgan fingerprint density at radius 2 is 1.71 bits per heavy atom. The second-order valence-electron chi connectivity index (χ2n) is 0.738. The SMILES string of the molecule is COC(F)=C(F)F. The summed E-state index contributed by atoms with van der Waals surface area (Å²) >= 11 is 0. The van der Waals surface area contributed by atoms with Crippen molar-refractivity contribution in [3.8, 4) is 0 Å². The van der Waals surface area contributed by atoms with Crippen LogP contribution in [0.4, 0.5) is 13.2 Å². The maximum absolute atomic E-state index is 11.2. The summed E-state index contributed by atoms with van der Waals surface area (Å²) in [6.45, 7) is 0. The highest BCUT2D eigenvalue weighted by atomic mass is 19.3. The zero-order valence-corrected chi connectivity index (χ0v) is 3.54. The number of rotatable bonds is 1. The molecule has 0 aromatic carbocycles. The zero-order chi connectivity index (χ0) is 5.86. The summed E-state index contributed by atoms with van der Waals surface area (Å²) < 4.78 is 36.3. The molecule has 1 nitrogen and oxygen atoms in total. The molecule has 0 rings (SSSR count). The van der Waals surface area contributed by atoms with Gasteiger partial charge in [-0.15, -0.1) is 0 Å². The summed E-state index contributed by atoms with van der Waals surface area (Å²) in [6.07, 6.45) is -2.43. The Labute approximate surface area is 38.4 Å². The molecule has 0 aliphatic carbocycles. The van der Waals surface area contributed by atoms with Crippen molar-refractivity contribution < 1.29 is 17.9 Å². The molecule has 0 aliphatic heterocycles. The summed E-state index contributed by atoms with van der Waals surface area (Å²) in [4.78, 5) is 0. The first-order chi connectivity index (χ1) is 3.18. The molecule has 0 aliphatic rings. The fourth-order valence-electron chi connectivity index (χ4n) is 0.0772. The van der Waals surface area contributed by atoms with Crippen LogP contribution in [0.25, 0.3) is 0 Å². The van der Waals surface area contributed by atoms with E-state index in [1.165, 1.54) is 0 Å². The molecular weight excluding hydrogens is 109 g/mol. The second kappa shape index (κ2) is 2.49. The largest absolute Gasteiger partial charge is 0.470 e. The minimum Gasteiger partial charge on any atom is -0.470 e. The molecule has 0 saturated heterocycles. The zero-order valence-electron chi connectivity index (χ0n) is 3.54. The van der Waals surface area contributed by atoms with Gasteiger partial charge in [0.15, 0.2) is 0 Å². The van der Waals surface area contributed by atoms with Crippen molar-refractivity contribution in [2.24, 2.45) is 0 Å². The molecule has 0 aromatic heterocycles. The third kappa shape index (κ3) is 2.08. The van der Waals surface area contributed by atoms with Gasteiger partial charge in [-0.25, -0.2) is 0 Å². The van der Waals surface area contributed by atoms with Gasteiger partial charge in [0, 0.05) is 0 Å². The normalized spacial score (nSPS) is 8.00. The fraction of sp³-hybridized carbons (Fsp3) is 0.333. The maximum atomic E-state index is 11.2. The molecule has 0 bridgehead atoms. The summed E-state index contributed by atoms with van der Waals surface area (Å²) in [6, 6.07) is -1.82. The van der Waals surface area contributed by atoms with E-state index < -0.39 is 12.1 Å². The van der Waals surface area contributed by atoms with Crippen LogP contribution >= 0.6 is 0 Å². The van der Waals surface area contributed by atoms with E-state index in [4.69, 9.17) is 0 Å². The van der Waals surface area contributed by atoms with Gasteiger partial charge < -0.3 is 4.74 Å². The molecule has 0 spiro atoms. The van der Waals surface area contributed by atoms with E-state index in [9.17, 15) is 13.2 Å². The molecule has 4 heteroatoms. The quantitative estimate of drug-likeness (QED) is 0.469. The van der Waals surface area contributed by atoms with Crippen molar-refractivity contribution in [2.75, 3.05) is 7.11 Å². The topological polar surface area (TPSA) is 9.23 Å². The number of methoxy groups -OCH3 is 1. The summed E-state index contributed by atoms with van der Waals surface area (Å²) in [7, 11) is 0.828. The molecule has 0 saturated carbocycles. The predicted molar refractivity (Wildman–Crippen MR) is 17.4 cm³/mol. The Bertz CT molecular complexity index is 84.2. The first-order valence-electron chi connectivity index (χ1n) is 1.43. The average molecular weight is 112 g/mol. The van der Waals surface area contributed by atoms with Crippen LogP contribution in [-0.2, 0) is 4.74 Å². The highest BCUT2D eigenvalue weighted by Gasteiger charge is 2.00. The van der Waals surface area contributed by atoms with Gasteiger partial charge in [0.1, 0.15) is 0 Å². The van der Waals surface area contributed by atoms with Crippen molar-refractivity contribution in [3.63, 3.8) is 0 Å². The smallest absolute Gasteiger partial charge is 0.342 e. The van der Waals surface area contributed by atoms with Gasteiger partial charge in [0.05, 0.1) is 7.11 Å². The minimum absolute atomic E-state index is 0.828. The summed E-state index contributed by atoms with van der Waals surface area (Å²) in [5.74, 6) is 0. The van der Waals surface area contributed by atoms with Gasteiger partial charge in [0.2, 0.25) is 0 Å². The molecular formula is C3H3F3O. The van der Waals surface area contributed by atoms with Crippen LogP contribution in [0.15, 0.2) is 12.1 Å². The first kappa shape index (κ1) is 6.33. The standard InChI is InChI=1S/C3H3F3O/c1-7-3(6)2(4)5/h1H3. The maximum Gasteiger partial charge on any atom is 0.342 e. The Kier molecular flexibility index (Phi) is 2.26. The van der Waals surface area contributed by atoms with E-state index >= 15 is 0 Å². The van der Waals surface area contributed by atoms with Crippen LogP contribution in [-0.4, -0.2) is 7.11 Å². The number of halogens is 3. The predicted octanol–water partition coefficient (Wildman–Crippen LogP) is 1.67. The van der Waals surface area contributed by atoms with E-state index in [-0.39, 0.29) is 0 Å². The van der Waals surface area contributed by atoms with Crippen LogP contribution in [0.2, 0.25) is 0 Å². The molecule has 0 amide bonds. The first-order valence-corrected chi connectivity index (χ1v) is 1.43. The number of hydrogen-bond donors (Lipinski definition) is 0. The lowest BCUT2D eigenvalue weighted by molar-refractivity contribution is 0.166. The molecule has 0 N–H and O–H groups in total. The number of hydrogen-bond acceptors (Lipinski definition) is 1. The van der Waals surface area contributed by atoms with Gasteiger partial charge in [-0.1, -0.05) is 0 Å². The Balaban J connectivity index is 3.72. The molecule has 42 valence electrons. The lowest BCUT2D eigenvalue weighted by Gasteiger charge is -1.87. The van der Waals surface area contributed by atoms with Crippen molar-refractivity contribution in [1.82, 2.24) is 0 Å². The second-order valence-corrected chi connectivity index (χ2v) is 0.738. The van der Waals surface area contributed by atoms with Crippen molar-refractivity contribution in [3.05, 3.63) is 12.1 Å². The number of ether oxygens (including phenoxy) is 1. The van der Waals surface area contributed by atoms with Crippen LogP contribution in [0.3, 0.4) is 0 Å². The molecule has 0 aromatic rings. The molecule has 0 unspecified atom stereocenters. The van der Waals surface area contributed by atoms with Gasteiger partial charge in [0.25, 0.3) is 0 Å². The van der Waals surface area contributed by atoms with Crippen LogP contribution in [0, 0.1) is 0 Å². The minimum atomic E-state index is -2.43. The van der Waals surface area contributed by atoms with Crippen LogP contribution in [0.5, 0.6) is 0 Å². The Morgan fingerprint density at radius 1 is 1.29 bits per heavy atom. The van der Waals surface area contributed by atoms with Gasteiger partial charge in [-0.2, -0.15) is 13.2 Å². The lowest BCUT2D eigenvalue weighted by atomic mass is 11.0. The average Bonchev–Trinajstić information content (AvgIpc) is 1.65. The van der Waals surface area contributed by atoms with Gasteiger partial charge in [-0.3, -0.25) is 0 Å². The third-order valence-corrected chi connectivity index (χ3v) is 0.328. The Hall–Kier alpha value is -0.670. The highest BCUT2D eigenvalue weighted by Crippen LogP contribution is 2.07. The van der Waals surface area contributed by atoms with Gasteiger partial charge >= 0.3 is 12.1 Å². The molecule has 7 heavy (non-hydrogen) atoms. The van der Waals surface area contributed by atoms with E-state index in [1.54, 1.807) is 0 Å². The monoisotopic (exact) mass is 112 g/mol. The molecule has 0 fully saturated rings. The molecule has 0 heterocycles. The fourth-order valence-corrected chi connectivity index (χ4v) is 0.0772. The van der Waals surface area contributed by atoms with Crippen LogP contribution in [0.1, 0.15) is 0 Å². The van der Waals surface area contributed by atoms with Crippen LogP contribution < -0.4 is 0 Å². The van der Waals surface area contributed by atoms with E-state index in [2.05, 4.69) is 4.74 Å². The van der Waals surface area contributed by atoms with Crippen molar-refractivity contribution in [2.45, 2.75) is 0 Å². The highest BCUT2D eigenvalue weighted by molar-refractivity contribution is 4.79. The van der Waals surface area contributed by atoms with Gasteiger partial charge in [-0.05, 0) is 0 Å². The molecule has 0 radical (unpaired) electrons. The van der Waals surface area contributed by atoms with Crippen molar-refractivity contribution >= 4 is 0 Å². The summed E-state index contributed by atoms with van der Waals surface area (Å²) in [5.41, 5.74) is 0. The molecule has 0 atom stereocenters. The Morgan fingerprint density at radius 3 is 1.71 bits per heavy atom. The van der Waals surface area contributed by atoms with E-state index in [0.29, 0.717) is 0 Å². The summed E-state index contributed by atoms with van der Waals surface area (Å²) in [5, 5.41) is 0. The van der Waals surface area contributed by atoms with E-state index in [0.717, 1.165) is 7.11 Å². The van der Waals surface area contributed by atoms with E-state index in [1.807, 2.05) is 0 Å². The van der Waals surface area contributed by atoms with Crippen molar-refractivity contribution in [1.29, 1.82) is 0 Å². The lowest BCUT2D eigenvalue weighted by Crippen LogP contribution is -1.76. The third-order valence-electron chi connectivity index (χ3n) is 0.328.